The van der Waals surface area contributed by atoms with Crippen molar-refractivity contribution in [2.24, 2.45) is 0 Å². The monoisotopic (exact) mass is 186 g/mol. The first-order chi connectivity index (χ1) is 6.20. The van der Waals surface area contributed by atoms with Crippen LogP contribution in [0.4, 0.5) is 0 Å². The quantitative estimate of drug-likeness (QED) is 0.450. The average Bonchev–Trinajstić information content (AvgIpc) is 2.05. The number of esters is 1. The van der Waals surface area contributed by atoms with Crippen molar-refractivity contribution in [2.75, 3.05) is 0 Å². The highest BCUT2D eigenvalue weighted by molar-refractivity contribution is 5.69. The largest absolute Gasteiger partial charge is 0.463 e. The lowest BCUT2D eigenvalue weighted by Crippen LogP contribution is -2.14. The Labute approximate surface area is 81.7 Å². The zero-order valence-electron chi connectivity index (χ0n) is 9.14. The van der Waals surface area contributed by atoms with Gasteiger partial charge in [0.25, 0.3) is 0 Å². The van der Waals surface area contributed by atoms with Crippen LogP contribution in [0.15, 0.2) is 0 Å². The molecule has 2 nitrogen and oxygen atoms in total. The number of unbranched alkanes of at least 4 members (excludes halogenated alkanes) is 2. The van der Waals surface area contributed by atoms with Gasteiger partial charge in [-0.1, -0.05) is 33.1 Å². The summed E-state index contributed by atoms with van der Waals surface area (Å²) in [4.78, 5) is 11.2. The van der Waals surface area contributed by atoms with Crippen LogP contribution in [0.3, 0.4) is 0 Å². The molecule has 0 saturated carbocycles. The Kier molecular flexibility index (Phi) is 7.76. The highest BCUT2D eigenvalue weighted by Gasteiger charge is 2.07. The SMILES string of the molecule is CCCCCC(=O)OC(C)CCC. The molecule has 0 rings (SSSR count). The molecule has 0 saturated heterocycles. The average molecular weight is 186 g/mol. The second-order valence-corrected chi connectivity index (χ2v) is 3.55. The van der Waals surface area contributed by atoms with Gasteiger partial charge in [0.05, 0.1) is 6.10 Å². The molecule has 0 fully saturated rings. The predicted molar refractivity (Wildman–Crippen MR) is 54.6 cm³/mol. The molecule has 1 atom stereocenters. The van der Waals surface area contributed by atoms with Crippen LogP contribution in [0.2, 0.25) is 0 Å². The van der Waals surface area contributed by atoms with Crippen molar-refractivity contribution >= 4 is 5.97 Å². The fourth-order valence-corrected chi connectivity index (χ4v) is 1.27. The van der Waals surface area contributed by atoms with Crippen molar-refractivity contribution in [1.29, 1.82) is 0 Å². The molecule has 13 heavy (non-hydrogen) atoms. The summed E-state index contributed by atoms with van der Waals surface area (Å²) >= 11 is 0. The van der Waals surface area contributed by atoms with Crippen molar-refractivity contribution in [3.63, 3.8) is 0 Å². The summed E-state index contributed by atoms with van der Waals surface area (Å²) in [6, 6.07) is 0. The van der Waals surface area contributed by atoms with E-state index in [1.165, 1.54) is 0 Å². The Morgan fingerprint density at radius 2 is 1.92 bits per heavy atom. The lowest BCUT2D eigenvalue weighted by Gasteiger charge is -2.11. The summed E-state index contributed by atoms with van der Waals surface area (Å²) < 4.78 is 5.20. The van der Waals surface area contributed by atoms with E-state index in [0.717, 1.165) is 32.1 Å². The van der Waals surface area contributed by atoms with E-state index >= 15 is 0 Å². The topological polar surface area (TPSA) is 26.3 Å². The number of ether oxygens (including phenoxy) is 1. The maximum atomic E-state index is 11.2. The first kappa shape index (κ1) is 12.5. The minimum atomic E-state index is -0.0330. The number of hydrogen-bond acceptors (Lipinski definition) is 2. The number of carbonyl (C=O) groups is 1. The second kappa shape index (κ2) is 8.09. The van der Waals surface area contributed by atoms with Gasteiger partial charge in [0, 0.05) is 6.42 Å². The molecule has 0 aliphatic heterocycles. The number of rotatable bonds is 7. The minimum Gasteiger partial charge on any atom is -0.463 e. The first-order valence-electron chi connectivity index (χ1n) is 5.40. The Morgan fingerprint density at radius 1 is 1.23 bits per heavy atom. The molecule has 0 aromatic carbocycles. The summed E-state index contributed by atoms with van der Waals surface area (Å²) in [5.74, 6) is -0.0330. The summed E-state index contributed by atoms with van der Waals surface area (Å²) in [5.41, 5.74) is 0. The van der Waals surface area contributed by atoms with Gasteiger partial charge in [0.15, 0.2) is 0 Å². The molecular weight excluding hydrogens is 164 g/mol. The normalized spacial score (nSPS) is 12.5. The molecule has 0 aliphatic carbocycles. The van der Waals surface area contributed by atoms with Crippen molar-refractivity contribution in [1.82, 2.24) is 0 Å². The van der Waals surface area contributed by atoms with Gasteiger partial charge in [0.1, 0.15) is 0 Å². The Hall–Kier alpha value is -0.530. The zero-order chi connectivity index (χ0) is 10.1. The molecule has 0 aliphatic rings. The summed E-state index contributed by atoms with van der Waals surface area (Å²) in [7, 11) is 0. The smallest absolute Gasteiger partial charge is 0.306 e. The third kappa shape index (κ3) is 7.82. The molecule has 0 heterocycles. The highest BCUT2D eigenvalue weighted by Crippen LogP contribution is 2.05. The fourth-order valence-electron chi connectivity index (χ4n) is 1.27. The van der Waals surface area contributed by atoms with Crippen molar-refractivity contribution in [3.05, 3.63) is 0 Å². The maximum Gasteiger partial charge on any atom is 0.306 e. The van der Waals surface area contributed by atoms with Crippen LogP contribution < -0.4 is 0 Å². The van der Waals surface area contributed by atoms with E-state index in [1.54, 1.807) is 0 Å². The van der Waals surface area contributed by atoms with E-state index in [2.05, 4.69) is 13.8 Å². The van der Waals surface area contributed by atoms with E-state index in [-0.39, 0.29) is 12.1 Å². The van der Waals surface area contributed by atoms with Crippen molar-refractivity contribution < 1.29 is 9.53 Å². The van der Waals surface area contributed by atoms with E-state index in [0.29, 0.717) is 6.42 Å². The van der Waals surface area contributed by atoms with Crippen LogP contribution in [-0.2, 0) is 9.53 Å². The van der Waals surface area contributed by atoms with Gasteiger partial charge < -0.3 is 4.74 Å². The Morgan fingerprint density at radius 3 is 2.46 bits per heavy atom. The Bertz CT molecular complexity index is 132. The minimum absolute atomic E-state index is 0.0330. The predicted octanol–water partition coefficient (Wildman–Crippen LogP) is 3.30. The van der Waals surface area contributed by atoms with Gasteiger partial charge in [-0.05, 0) is 19.8 Å². The van der Waals surface area contributed by atoms with Crippen LogP contribution in [0.25, 0.3) is 0 Å². The summed E-state index contributed by atoms with van der Waals surface area (Å²) in [5, 5.41) is 0. The van der Waals surface area contributed by atoms with Gasteiger partial charge in [-0.25, -0.2) is 0 Å². The molecule has 0 aromatic rings. The van der Waals surface area contributed by atoms with E-state index in [1.807, 2.05) is 6.92 Å². The van der Waals surface area contributed by atoms with Crippen LogP contribution in [0.5, 0.6) is 0 Å². The lowest BCUT2D eigenvalue weighted by molar-refractivity contribution is -0.148. The van der Waals surface area contributed by atoms with E-state index in [9.17, 15) is 4.79 Å². The summed E-state index contributed by atoms with van der Waals surface area (Å²) in [6.45, 7) is 6.19. The lowest BCUT2D eigenvalue weighted by atomic mass is 10.2. The van der Waals surface area contributed by atoms with Gasteiger partial charge in [-0.2, -0.15) is 0 Å². The molecule has 0 radical (unpaired) electrons. The van der Waals surface area contributed by atoms with Crippen LogP contribution in [0.1, 0.15) is 59.3 Å². The standard InChI is InChI=1S/C11H22O2/c1-4-6-7-9-11(12)13-10(3)8-5-2/h10H,4-9H2,1-3H3. The maximum absolute atomic E-state index is 11.2. The van der Waals surface area contributed by atoms with Gasteiger partial charge in [-0.15, -0.1) is 0 Å². The van der Waals surface area contributed by atoms with E-state index in [4.69, 9.17) is 4.74 Å². The second-order valence-electron chi connectivity index (χ2n) is 3.55. The fraction of sp³-hybridized carbons (Fsp3) is 0.909. The molecule has 0 aromatic heterocycles. The molecule has 0 spiro atoms. The molecule has 0 amide bonds. The summed E-state index contributed by atoms with van der Waals surface area (Å²) in [6.07, 6.45) is 5.97. The number of hydrogen-bond donors (Lipinski definition) is 0. The number of carbonyl (C=O) groups excluding carboxylic acids is 1. The van der Waals surface area contributed by atoms with Crippen LogP contribution in [-0.4, -0.2) is 12.1 Å². The van der Waals surface area contributed by atoms with Gasteiger partial charge in [-0.3, -0.25) is 4.79 Å². The molecule has 2 heteroatoms. The highest BCUT2D eigenvalue weighted by atomic mass is 16.5. The molecule has 0 bridgehead atoms. The molecule has 0 N–H and O–H groups in total. The zero-order valence-corrected chi connectivity index (χ0v) is 9.14. The first-order valence-corrected chi connectivity index (χ1v) is 5.40. The van der Waals surface area contributed by atoms with Gasteiger partial charge in [0.2, 0.25) is 0 Å². The molecule has 78 valence electrons. The van der Waals surface area contributed by atoms with E-state index < -0.39 is 0 Å². The molecular formula is C11H22O2. The van der Waals surface area contributed by atoms with Gasteiger partial charge >= 0.3 is 5.97 Å². The third-order valence-electron chi connectivity index (χ3n) is 2.01. The molecule has 1 unspecified atom stereocenters. The Balaban J connectivity index is 3.38. The van der Waals surface area contributed by atoms with Crippen molar-refractivity contribution in [2.45, 2.75) is 65.4 Å². The van der Waals surface area contributed by atoms with Crippen molar-refractivity contribution in [3.8, 4) is 0 Å². The third-order valence-corrected chi connectivity index (χ3v) is 2.01. The van der Waals surface area contributed by atoms with Crippen LogP contribution >= 0.6 is 0 Å². The van der Waals surface area contributed by atoms with Crippen LogP contribution in [0, 0.1) is 0 Å².